The molecule has 0 bridgehead atoms. The SMILES string of the molecule is Cc1ccc(-n2nc3c(c2NC(=O)c2c(F)cccc2F)C[S@](=O)C3)cc1. The average molecular weight is 387 g/mol. The molecule has 1 amide bonds. The molecule has 0 saturated heterocycles. The minimum Gasteiger partial charge on any atom is -0.306 e. The number of fused-ring (bicyclic) bond motifs is 1. The summed E-state index contributed by atoms with van der Waals surface area (Å²) < 4.78 is 41.3. The Morgan fingerprint density at radius 3 is 2.44 bits per heavy atom. The molecule has 0 spiro atoms. The minimum absolute atomic E-state index is 0.233. The molecule has 1 aliphatic heterocycles. The summed E-state index contributed by atoms with van der Waals surface area (Å²) in [5.74, 6) is -2.02. The van der Waals surface area contributed by atoms with E-state index in [4.69, 9.17) is 0 Å². The fourth-order valence-electron chi connectivity index (χ4n) is 3.01. The second-order valence-corrected chi connectivity index (χ2v) is 7.76. The number of aromatic nitrogens is 2. The van der Waals surface area contributed by atoms with Crippen molar-refractivity contribution in [1.82, 2.24) is 9.78 Å². The van der Waals surface area contributed by atoms with Gasteiger partial charge in [-0.2, -0.15) is 5.10 Å². The second kappa shape index (κ2) is 6.70. The van der Waals surface area contributed by atoms with Crippen molar-refractivity contribution in [2.75, 3.05) is 5.32 Å². The molecule has 5 nitrogen and oxygen atoms in total. The van der Waals surface area contributed by atoms with E-state index in [0.29, 0.717) is 16.9 Å². The van der Waals surface area contributed by atoms with E-state index in [1.54, 1.807) is 0 Å². The molecule has 27 heavy (non-hydrogen) atoms. The summed E-state index contributed by atoms with van der Waals surface area (Å²) in [4.78, 5) is 12.6. The van der Waals surface area contributed by atoms with Gasteiger partial charge in [-0.3, -0.25) is 9.00 Å². The van der Waals surface area contributed by atoms with E-state index < -0.39 is 33.9 Å². The zero-order valence-corrected chi connectivity index (χ0v) is 15.1. The van der Waals surface area contributed by atoms with Crippen LogP contribution < -0.4 is 5.32 Å². The number of benzene rings is 2. The zero-order chi connectivity index (χ0) is 19.1. The Labute approximate surface area is 156 Å². The van der Waals surface area contributed by atoms with Gasteiger partial charge in [0, 0.05) is 16.4 Å². The predicted octanol–water partition coefficient (Wildman–Crippen LogP) is 3.47. The van der Waals surface area contributed by atoms with Crippen molar-refractivity contribution in [3.05, 3.63) is 76.5 Å². The summed E-state index contributed by atoms with van der Waals surface area (Å²) in [5, 5.41) is 7.02. The van der Waals surface area contributed by atoms with Gasteiger partial charge in [-0.25, -0.2) is 13.5 Å². The number of carbonyl (C=O) groups excluding carboxylic acids is 1. The highest BCUT2D eigenvalue weighted by molar-refractivity contribution is 7.83. The largest absolute Gasteiger partial charge is 0.306 e. The highest BCUT2D eigenvalue weighted by atomic mass is 32.2. The number of aryl methyl sites for hydroxylation is 1. The molecule has 8 heteroatoms. The minimum atomic E-state index is -1.11. The summed E-state index contributed by atoms with van der Waals surface area (Å²) in [5.41, 5.74) is 2.31. The van der Waals surface area contributed by atoms with Gasteiger partial charge in [-0.15, -0.1) is 0 Å². The quantitative estimate of drug-likeness (QED) is 0.749. The molecule has 1 aromatic heterocycles. The molecular formula is C19H15F2N3O2S. The van der Waals surface area contributed by atoms with Gasteiger partial charge in [0.25, 0.3) is 5.91 Å². The number of nitrogens with one attached hydrogen (secondary N) is 1. The summed E-state index contributed by atoms with van der Waals surface area (Å²) in [7, 11) is -1.11. The molecule has 138 valence electrons. The molecule has 0 unspecified atom stereocenters. The van der Waals surface area contributed by atoms with Crippen LogP contribution in [0.4, 0.5) is 14.6 Å². The average Bonchev–Trinajstić information content (AvgIpc) is 3.13. The predicted molar refractivity (Wildman–Crippen MR) is 98.2 cm³/mol. The van der Waals surface area contributed by atoms with E-state index in [1.165, 1.54) is 10.7 Å². The fraction of sp³-hybridized carbons (Fsp3) is 0.158. The Morgan fingerprint density at radius 1 is 1.11 bits per heavy atom. The molecular weight excluding hydrogens is 372 g/mol. The fourth-order valence-corrected chi connectivity index (χ4v) is 4.28. The van der Waals surface area contributed by atoms with E-state index in [-0.39, 0.29) is 17.3 Å². The van der Waals surface area contributed by atoms with Crippen molar-refractivity contribution in [2.24, 2.45) is 0 Å². The number of hydrogen-bond donors (Lipinski definition) is 1. The normalized spacial score (nSPS) is 15.6. The van der Waals surface area contributed by atoms with Gasteiger partial charge >= 0.3 is 0 Å². The van der Waals surface area contributed by atoms with Crippen LogP contribution in [0, 0.1) is 18.6 Å². The summed E-state index contributed by atoms with van der Waals surface area (Å²) in [6.07, 6.45) is 0. The van der Waals surface area contributed by atoms with Crippen molar-refractivity contribution in [3.63, 3.8) is 0 Å². The molecule has 0 saturated carbocycles. The van der Waals surface area contributed by atoms with Gasteiger partial charge in [0.05, 0.1) is 22.9 Å². The van der Waals surface area contributed by atoms with Gasteiger partial charge in [0.2, 0.25) is 0 Å². The van der Waals surface area contributed by atoms with Crippen LogP contribution in [0.15, 0.2) is 42.5 Å². The number of hydrogen-bond acceptors (Lipinski definition) is 3. The number of carbonyl (C=O) groups is 1. The third-order valence-electron chi connectivity index (χ3n) is 4.37. The molecule has 3 aromatic rings. The number of nitrogens with zero attached hydrogens (tertiary/aromatic N) is 2. The summed E-state index contributed by atoms with van der Waals surface area (Å²) in [6.45, 7) is 1.94. The van der Waals surface area contributed by atoms with Crippen LogP contribution in [0.3, 0.4) is 0 Å². The topological polar surface area (TPSA) is 64.0 Å². The van der Waals surface area contributed by atoms with Crippen LogP contribution in [-0.4, -0.2) is 19.9 Å². The molecule has 2 aromatic carbocycles. The molecule has 2 heterocycles. The van der Waals surface area contributed by atoms with Crippen LogP contribution in [0.25, 0.3) is 5.69 Å². The molecule has 1 aliphatic rings. The monoisotopic (exact) mass is 387 g/mol. The van der Waals surface area contributed by atoms with E-state index in [0.717, 1.165) is 17.7 Å². The molecule has 1 N–H and O–H groups in total. The maximum Gasteiger partial charge on any atom is 0.262 e. The number of anilines is 1. The first-order valence-corrected chi connectivity index (χ1v) is 9.71. The zero-order valence-electron chi connectivity index (χ0n) is 14.3. The standard InChI is InChI=1S/C19H15F2N3O2S/c1-11-5-7-12(8-6-11)24-18(13-9-27(26)10-16(13)23-24)22-19(25)17-14(20)3-2-4-15(17)21/h2-8H,9-10H2,1H3,(H,22,25)/t27-/m0/s1. The Kier molecular flexibility index (Phi) is 4.35. The number of rotatable bonds is 3. The first-order valence-electron chi connectivity index (χ1n) is 8.22. The van der Waals surface area contributed by atoms with Crippen LogP contribution in [-0.2, 0) is 22.3 Å². The lowest BCUT2D eigenvalue weighted by Gasteiger charge is -2.12. The lowest BCUT2D eigenvalue weighted by Crippen LogP contribution is -2.19. The van der Waals surface area contributed by atoms with Gasteiger partial charge in [0.15, 0.2) is 0 Å². The van der Waals surface area contributed by atoms with Crippen molar-refractivity contribution < 1.29 is 17.8 Å². The Morgan fingerprint density at radius 2 is 1.78 bits per heavy atom. The lowest BCUT2D eigenvalue weighted by molar-refractivity contribution is 0.101. The van der Waals surface area contributed by atoms with Crippen LogP contribution in [0.5, 0.6) is 0 Å². The molecule has 0 aliphatic carbocycles. The van der Waals surface area contributed by atoms with Gasteiger partial charge in [0.1, 0.15) is 23.0 Å². The van der Waals surface area contributed by atoms with Gasteiger partial charge < -0.3 is 5.32 Å². The first-order chi connectivity index (χ1) is 12.9. The molecule has 4 rings (SSSR count). The van der Waals surface area contributed by atoms with Gasteiger partial charge in [-0.1, -0.05) is 23.8 Å². The van der Waals surface area contributed by atoms with Gasteiger partial charge in [-0.05, 0) is 31.2 Å². The summed E-state index contributed by atoms with van der Waals surface area (Å²) in [6, 6.07) is 10.7. The van der Waals surface area contributed by atoms with E-state index in [9.17, 15) is 17.8 Å². The molecule has 0 radical (unpaired) electrons. The van der Waals surface area contributed by atoms with Crippen molar-refractivity contribution in [3.8, 4) is 5.69 Å². The van der Waals surface area contributed by atoms with E-state index in [1.807, 2.05) is 31.2 Å². The Bertz CT molecular complexity index is 1060. The van der Waals surface area contributed by atoms with Crippen molar-refractivity contribution in [2.45, 2.75) is 18.4 Å². The Hall–Kier alpha value is -2.87. The summed E-state index contributed by atoms with van der Waals surface area (Å²) >= 11 is 0. The highest BCUT2D eigenvalue weighted by Crippen LogP contribution is 2.32. The van der Waals surface area contributed by atoms with E-state index in [2.05, 4.69) is 10.4 Å². The lowest BCUT2D eigenvalue weighted by atomic mass is 10.1. The maximum atomic E-state index is 14.0. The smallest absolute Gasteiger partial charge is 0.262 e. The highest BCUT2D eigenvalue weighted by Gasteiger charge is 2.29. The maximum absolute atomic E-state index is 14.0. The Balaban J connectivity index is 1.78. The molecule has 0 fully saturated rings. The first kappa shape index (κ1) is 17.5. The van der Waals surface area contributed by atoms with Crippen LogP contribution in [0.2, 0.25) is 0 Å². The number of amides is 1. The van der Waals surface area contributed by atoms with Crippen molar-refractivity contribution >= 4 is 22.5 Å². The van der Waals surface area contributed by atoms with Crippen LogP contribution in [0.1, 0.15) is 27.2 Å². The second-order valence-electron chi connectivity index (χ2n) is 6.30. The third kappa shape index (κ3) is 3.16. The van der Waals surface area contributed by atoms with Crippen LogP contribution >= 0.6 is 0 Å². The molecule has 1 atom stereocenters. The van der Waals surface area contributed by atoms with Crippen molar-refractivity contribution in [1.29, 1.82) is 0 Å². The third-order valence-corrected chi connectivity index (χ3v) is 5.58. The number of halogens is 2. The van der Waals surface area contributed by atoms with E-state index >= 15 is 0 Å².